The monoisotopic (exact) mass is 383 g/mol. The summed E-state index contributed by atoms with van der Waals surface area (Å²) in [5.41, 5.74) is 1.91. The third-order valence-corrected chi connectivity index (χ3v) is 6.69. The van der Waals surface area contributed by atoms with Crippen molar-refractivity contribution in [2.45, 2.75) is 4.90 Å². The molecule has 2 aliphatic heterocycles. The van der Waals surface area contributed by atoms with Crippen molar-refractivity contribution in [3.05, 3.63) is 58.5 Å². The zero-order valence-electron chi connectivity index (χ0n) is 14.6. The van der Waals surface area contributed by atoms with E-state index in [1.165, 1.54) is 11.8 Å². The second-order valence-electron chi connectivity index (χ2n) is 5.82. The Kier molecular flexibility index (Phi) is 4.42. The highest BCUT2D eigenvalue weighted by molar-refractivity contribution is 8.19. The Labute approximate surface area is 160 Å². The summed E-state index contributed by atoms with van der Waals surface area (Å²) in [4.78, 5) is 23.0. The maximum Gasteiger partial charge on any atom is 0.269 e. The molecule has 2 aliphatic rings. The van der Waals surface area contributed by atoms with Crippen molar-refractivity contribution < 1.29 is 9.53 Å². The predicted octanol–water partition coefficient (Wildman–Crippen LogP) is 4.30. The van der Waals surface area contributed by atoms with Crippen LogP contribution >= 0.6 is 23.5 Å². The number of benzene rings is 2. The molecule has 0 N–H and O–H groups in total. The van der Waals surface area contributed by atoms with E-state index in [9.17, 15) is 4.79 Å². The van der Waals surface area contributed by atoms with E-state index >= 15 is 0 Å². The Bertz CT molecular complexity index is 938. The van der Waals surface area contributed by atoms with Crippen LogP contribution in [0.5, 0.6) is 5.75 Å². The number of amidine groups is 1. The molecular formula is C19H17N3O2S2. The molecule has 2 aromatic carbocycles. The molecule has 0 bridgehead atoms. The highest BCUT2D eigenvalue weighted by Gasteiger charge is 2.37. The Morgan fingerprint density at radius 1 is 0.962 bits per heavy atom. The van der Waals surface area contributed by atoms with E-state index < -0.39 is 0 Å². The number of amides is 1. The van der Waals surface area contributed by atoms with Gasteiger partial charge in [0.25, 0.3) is 5.91 Å². The van der Waals surface area contributed by atoms with Crippen LogP contribution in [0.3, 0.4) is 0 Å². The molecule has 132 valence electrons. The van der Waals surface area contributed by atoms with Crippen LogP contribution in [0.15, 0.2) is 68.4 Å². The zero-order chi connectivity index (χ0) is 18.3. The number of hydrogen-bond acceptors (Lipinski definition) is 6. The van der Waals surface area contributed by atoms with Gasteiger partial charge in [-0.05, 0) is 48.2 Å². The lowest BCUT2D eigenvalue weighted by molar-refractivity contribution is -0.121. The van der Waals surface area contributed by atoms with Crippen LogP contribution < -0.4 is 9.64 Å². The number of carbonyl (C=O) groups excluding carboxylic acids is 1. The summed E-state index contributed by atoms with van der Waals surface area (Å²) in [6.07, 6.45) is 0. The Morgan fingerprint density at radius 2 is 1.69 bits per heavy atom. The molecule has 0 aromatic heterocycles. The second-order valence-corrected chi connectivity index (χ2v) is 7.83. The third-order valence-electron chi connectivity index (χ3n) is 4.21. The van der Waals surface area contributed by atoms with Crippen molar-refractivity contribution in [3.63, 3.8) is 0 Å². The van der Waals surface area contributed by atoms with Gasteiger partial charge in [-0.15, -0.1) is 0 Å². The molecule has 0 atom stereocenters. The summed E-state index contributed by atoms with van der Waals surface area (Å²) in [5.74, 6) is 0.756. The Hall–Kier alpha value is -2.38. The van der Waals surface area contributed by atoms with Gasteiger partial charge in [0.05, 0.1) is 23.5 Å². The molecule has 4 rings (SSSR count). The van der Waals surface area contributed by atoms with E-state index in [0.717, 1.165) is 27.0 Å². The maximum atomic E-state index is 12.8. The van der Waals surface area contributed by atoms with Crippen molar-refractivity contribution in [3.8, 4) is 5.75 Å². The first-order chi connectivity index (χ1) is 12.6. The number of anilines is 1. The summed E-state index contributed by atoms with van der Waals surface area (Å²) in [6.45, 7) is 0. The number of nitrogens with zero attached hydrogens (tertiary/aromatic N) is 3. The van der Waals surface area contributed by atoms with Crippen molar-refractivity contribution in [1.82, 2.24) is 4.90 Å². The lowest BCUT2D eigenvalue weighted by Gasteiger charge is -2.14. The molecule has 0 unspecified atom stereocenters. The number of methoxy groups -OCH3 is 1. The SMILES string of the molecule is COc1ccc(N=C2S/C(=C3\Sc4ccccc4N3C)C(=O)N2C)cc1. The molecule has 0 saturated carbocycles. The van der Waals surface area contributed by atoms with Gasteiger partial charge in [0.15, 0.2) is 5.17 Å². The van der Waals surface area contributed by atoms with Gasteiger partial charge in [0.1, 0.15) is 10.7 Å². The summed E-state index contributed by atoms with van der Waals surface area (Å²) < 4.78 is 5.17. The summed E-state index contributed by atoms with van der Waals surface area (Å²) >= 11 is 3.04. The van der Waals surface area contributed by atoms with Gasteiger partial charge in [-0.2, -0.15) is 0 Å². The van der Waals surface area contributed by atoms with Gasteiger partial charge in [0.2, 0.25) is 0 Å². The van der Waals surface area contributed by atoms with Crippen molar-refractivity contribution in [2.24, 2.45) is 4.99 Å². The molecule has 0 radical (unpaired) electrons. The number of para-hydroxylation sites is 1. The quantitative estimate of drug-likeness (QED) is 0.724. The fourth-order valence-corrected chi connectivity index (χ4v) is 5.08. The molecule has 1 fully saturated rings. The molecule has 0 aliphatic carbocycles. The number of likely N-dealkylation sites (N-methyl/N-ethyl adjacent to an activating group) is 1. The Morgan fingerprint density at radius 3 is 2.38 bits per heavy atom. The second kappa shape index (κ2) is 6.74. The Balaban J connectivity index is 1.66. The summed E-state index contributed by atoms with van der Waals surface area (Å²) in [7, 11) is 5.39. The minimum absolute atomic E-state index is 0.0237. The van der Waals surface area contributed by atoms with E-state index in [2.05, 4.69) is 22.0 Å². The third kappa shape index (κ3) is 2.87. The largest absolute Gasteiger partial charge is 0.497 e. The lowest BCUT2D eigenvalue weighted by atomic mass is 10.3. The van der Waals surface area contributed by atoms with Crippen LogP contribution in [0.2, 0.25) is 0 Å². The van der Waals surface area contributed by atoms with Gasteiger partial charge < -0.3 is 9.64 Å². The van der Waals surface area contributed by atoms with Gasteiger partial charge in [-0.25, -0.2) is 4.99 Å². The van der Waals surface area contributed by atoms with E-state index in [1.54, 1.807) is 30.8 Å². The normalized spacial score (nSPS) is 20.9. The van der Waals surface area contributed by atoms with Crippen LogP contribution in [0, 0.1) is 0 Å². The number of hydrogen-bond donors (Lipinski definition) is 0. The first-order valence-electron chi connectivity index (χ1n) is 8.02. The molecule has 5 nitrogen and oxygen atoms in total. The molecule has 2 heterocycles. The zero-order valence-corrected chi connectivity index (χ0v) is 16.2. The number of thioether (sulfide) groups is 2. The molecule has 26 heavy (non-hydrogen) atoms. The van der Waals surface area contributed by atoms with E-state index in [1.807, 2.05) is 43.4 Å². The van der Waals surface area contributed by atoms with E-state index in [0.29, 0.717) is 10.1 Å². The molecule has 1 saturated heterocycles. The summed E-state index contributed by atoms with van der Waals surface area (Å²) in [6, 6.07) is 15.6. The van der Waals surface area contributed by atoms with Crippen molar-refractivity contribution in [2.75, 3.05) is 26.1 Å². The number of aliphatic imine (C=N–C) groups is 1. The molecule has 0 spiro atoms. The first-order valence-corrected chi connectivity index (χ1v) is 9.65. The molecule has 2 aromatic rings. The topological polar surface area (TPSA) is 45.1 Å². The minimum Gasteiger partial charge on any atom is -0.497 e. The number of ether oxygens (including phenoxy) is 1. The molecule has 1 amide bonds. The van der Waals surface area contributed by atoms with Gasteiger partial charge in [-0.3, -0.25) is 9.69 Å². The highest BCUT2D eigenvalue weighted by atomic mass is 32.2. The van der Waals surface area contributed by atoms with Gasteiger partial charge >= 0.3 is 0 Å². The van der Waals surface area contributed by atoms with Crippen molar-refractivity contribution in [1.29, 1.82) is 0 Å². The van der Waals surface area contributed by atoms with Crippen molar-refractivity contribution >= 4 is 46.0 Å². The summed E-state index contributed by atoms with van der Waals surface area (Å²) in [5, 5.41) is 1.63. The van der Waals surface area contributed by atoms with E-state index in [4.69, 9.17) is 4.74 Å². The predicted molar refractivity (Wildman–Crippen MR) is 108 cm³/mol. The van der Waals surface area contributed by atoms with Crippen LogP contribution in [0.1, 0.15) is 0 Å². The average Bonchev–Trinajstić information content (AvgIpc) is 3.14. The highest BCUT2D eigenvalue weighted by Crippen LogP contribution is 2.49. The molecular weight excluding hydrogens is 366 g/mol. The van der Waals surface area contributed by atoms with Gasteiger partial charge in [0, 0.05) is 19.0 Å². The van der Waals surface area contributed by atoms with Crippen LogP contribution in [0.4, 0.5) is 11.4 Å². The maximum absolute atomic E-state index is 12.8. The minimum atomic E-state index is -0.0237. The van der Waals surface area contributed by atoms with Gasteiger partial charge in [-0.1, -0.05) is 23.9 Å². The fourth-order valence-electron chi connectivity index (χ4n) is 2.74. The van der Waals surface area contributed by atoms with Crippen LogP contribution in [0.25, 0.3) is 0 Å². The number of carbonyl (C=O) groups is 1. The van der Waals surface area contributed by atoms with Crippen LogP contribution in [-0.2, 0) is 4.79 Å². The smallest absolute Gasteiger partial charge is 0.269 e. The lowest BCUT2D eigenvalue weighted by Crippen LogP contribution is -2.24. The first kappa shape index (κ1) is 17.1. The standard InChI is InChI=1S/C19H17N3O2S2/c1-21-14-6-4-5-7-15(14)25-18(21)16-17(23)22(2)19(26-16)20-12-8-10-13(24-3)11-9-12/h4-11H,1-3H3/b18-16-,20-19?. The number of rotatable bonds is 2. The molecule has 7 heteroatoms. The van der Waals surface area contributed by atoms with Crippen LogP contribution in [-0.4, -0.2) is 37.2 Å². The number of fused-ring (bicyclic) bond motifs is 1. The average molecular weight is 383 g/mol. The van der Waals surface area contributed by atoms with E-state index in [-0.39, 0.29) is 5.91 Å². The fraction of sp³-hybridized carbons (Fsp3) is 0.158.